The molecular weight excluding hydrogens is 382 g/mol. The molecule has 8 heteroatoms. The van der Waals surface area contributed by atoms with Crippen molar-refractivity contribution in [2.24, 2.45) is 0 Å². The smallest absolute Gasteiger partial charge is 0.205 e. The fourth-order valence-corrected chi connectivity index (χ4v) is 4.31. The van der Waals surface area contributed by atoms with Gasteiger partial charge >= 0.3 is 0 Å². The van der Waals surface area contributed by atoms with E-state index in [1.54, 1.807) is 0 Å². The van der Waals surface area contributed by atoms with Crippen LogP contribution >= 0.6 is 11.5 Å². The number of rotatable bonds is 4. The summed E-state index contributed by atoms with van der Waals surface area (Å²) in [5, 5.41) is 1.89. The summed E-state index contributed by atoms with van der Waals surface area (Å²) in [5.74, 6) is 2.12. The van der Waals surface area contributed by atoms with Crippen LogP contribution in [0.4, 0.5) is 10.9 Å². The first kappa shape index (κ1) is 18.0. The number of nitrogen functional groups attached to an aromatic ring is 1. The molecule has 1 fully saturated rings. The molecule has 29 heavy (non-hydrogen) atoms. The summed E-state index contributed by atoms with van der Waals surface area (Å²) in [7, 11) is 0. The van der Waals surface area contributed by atoms with Gasteiger partial charge in [-0.05, 0) is 12.1 Å². The molecule has 2 aromatic carbocycles. The third-order valence-corrected chi connectivity index (χ3v) is 5.91. The Hall–Kier alpha value is -3.10. The van der Waals surface area contributed by atoms with Crippen molar-refractivity contribution in [2.45, 2.75) is 6.54 Å². The van der Waals surface area contributed by atoms with Crippen LogP contribution in [0.5, 0.6) is 0 Å². The van der Waals surface area contributed by atoms with Crippen LogP contribution < -0.4 is 10.6 Å². The minimum atomic E-state index is 0.548. The molecule has 146 valence electrons. The summed E-state index contributed by atoms with van der Waals surface area (Å²) in [6.45, 7) is 4.37. The molecule has 0 spiro atoms. The van der Waals surface area contributed by atoms with E-state index in [9.17, 15) is 0 Å². The molecule has 0 aliphatic carbocycles. The van der Waals surface area contributed by atoms with Gasteiger partial charge in [-0.25, -0.2) is 9.97 Å². The SMILES string of the molecule is Nc1nc(CN2CCN(c3nc(-c4ccccc4)ns3)CC2)nc2ccccc12. The Labute approximate surface area is 173 Å². The zero-order valence-electron chi connectivity index (χ0n) is 15.9. The molecule has 0 unspecified atom stereocenters. The second-order valence-corrected chi connectivity index (χ2v) is 7.80. The van der Waals surface area contributed by atoms with Crippen LogP contribution in [-0.2, 0) is 6.54 Å². The maximum atomic E-state index is 6.12. The first-order valence-electron chi connectivity index (χ1n) is 9.64. The van der Waals surface area contributed by atoms with Gasteiger partial charge in [-0.1, -0.05) is 42.5 Å². The number of nitrogens with zero attached hydrogens (tertiary/aromatic N) is 6. The van der Waals surface area contributed by atoms with Crippen molar-refractivity contribution < 1.29 is 0 Å². The highest BCUT2D eigenvalue weighted by molar-refractivity contribution is 7.09. The van der Waals surface area contributed by atoms with Gasteiger partial charge in [-0.15, -0.1) is 0 Å². The van der Waals surface area contributed by atoms with Crippen LogP contribution in [0.1, 0.15) is 5.82 Å². The monoisotopic (exact) mass is 403 g/mol. The molecule has 7 nitrogen and oxygen atoms in total. The number of hydrogen-bond acceptors (Lipinski definition) is 8. The van der Waals surface area contributed by atoms with Crippen molar-refractivity contribution in [1.29, 1.82) is 0 Å². The Morgan fingerprint density at radius 1 is 0.862 bits per heavy atom. The summed E-state index contributed by atoms with van der Waals surface area (Å²) >= 11 is 1.46. The quantitative estimate of drug-likeness (QED) is 0.561. The number of nitrogens with two attached hydrogens (primary N) is 1. The Kier molecular flexibility index (Phi) is 4.79. The summed E-state index contributed by atoms with van der Waals surface area (Å²) < 4.78 is 4.53. The first-order valence-corrected chi connectivity index (χ1v) is 10.4. The van der Waals surface area contributed by atoms with Gasteiger partial charge in [0.2, 0.25) is 5.13 Å². The van der Waals surface area contributed by atoms with Crippen LogP contribution in [0.15, 0.2) is 54.6 Å². The van der Waals surface area contributed by atoms with E-state index < -0.39 is 0 Å². The molecule has 0 radical (unpaired) electrons. The summed E-state index contributed by atoms with van der Waals surface area (Å²) in [5.41, 5.74) is 8.07. The predicted molar refractivity (Wildman–Crippen MR) is 117 cm³/mol. The number of benzene rings is 2. The molecule has 0 saturated carbocycles. The molecular formula is C21H21N7S. The van der Waals surface area contributed by atoms with Crippen molar-refractivity contribution >= 4 is 33.4 Å². The summed E-state index contributed by atoms with van der Waals surface area (Å²) in [6.07, 6.45) is 0. The second kappa shape index (κ2) is 7.73. The molecule has 0 bridgehead atoms. The van der Waals surface area contributed by atoms with E-state index in [1.165, 1.54) is 11.5 Å². The van der Waals surface area contributed by atoms with Gasteiger partial charge in [0.25, 0.3) is 0 Å². The average Bonchev–Trinajstić information content (AvgIpc) is 3.25. The van der Waals surface area contributed by atoms with E-state index in [1.807, 2.05) is 54.6 Å². The summed E-state index contributed by atoms with van der Waals surface area (Å²) in [4.78, 5) is 18.6. The zero-order chi connectivity index (χ0) is 19.6. The lowest BCUT2D eigenvalue weighted by atomic mass is 10.2. The number of aromatic nitrogens is 4. The van der Waals surface area contributed by atoms with Crippen LogP contribution in [0, 0.1) is 0 Å². The summed E-state index contributed by atoms with van der Waals surface area (Å²) in [6, 6.07) is 18.0. The lowest BCUT2D eigenvalue weighted by Crippen LogP contribution is -2.46. The van der Waals surface area contributed by atoms with Crippen LogP contribution in [0.2, 0.25) is 0 Å². The fourth-order valence-electron chi connectivity index (χ4n) is 3.57. The highest BCUT2D eigenvalue weighted by atomic mass is 32.1. The Morgan fingerprint density at radius 3 is 2.45 bits per heavy atom. The van der Waals surface area contributed by atoms with Crippen molar-refractivity contribution in [3.05, 3.63) is 60.4 Å². The van der Waals surface area contributed by atoms with Crippen molar-refractivity contribution in [2.75, 3.05) is 36.8 Å². The number of hydrogen-bond donors (Lipinski definition) is 1. The Balaban J connectivity index is 1.24. The number of piperazine rings is 1. The minimum Gasteiger partial charge on any atom is -0.383 e. The van der Waals surface area contributed by atoms with Crippen LogP contribution in [-0.4, -0.2) is 50.4 Å². The van der Waals surface area contributed by atoms with E-state index in [0.717, 1.165) is 59.4 Å². The van der Waals surface area contributed by atoms with E-state index in [-0.39, 0.29) is 0 Å². The van der Waals surface area contributed by atoms with Crippen LogP contribution in [0.3, 0.4) is 0 Å². The molecule has 0 atom stereocenters. The molecule has 4 aromatic rings. The topological polar surface area (TPSA) is 84.1 Å². The van der Waals surface area contributed by atoms with Gasteiger partial charge in [0.05, 0.1) is 12.1 Å². The third kappa shape index (κ3) is 3.76. The molecule has 0 amide bonds. The van der Waals surface area contributed by atoms with Crippen molar-refractivity contribution in [3.8, 4) is 11.4 Å². The molecule has 2 aromatic heterocycles. The molecule has 1 aliphatic rings. The maximum absolute atomic E-state index is 6.12. The fraction of sp³-hybridized carbons (Fsp3) is 0.238. The van der Waals surface area contributed by atoms with Gasteiger partial charge in [0, 0.05) is 48.7 Å². The average molecular weight is 404 g/mol. The highest BCUT2D eigenvalue weighted by Crippen LogP contribution is 2.25. The zero-order valence-corrected chi connectivity index (χ0v) is 16.7. The third-order valence-electron chi connectivity index (χ3n) is 5.13. The van der Waals surface area contributed by atoms with E-state index in [2.05, 4.69) is 24.1 Å². The van der Waals surface area contributed by atoms with Gasteiger partial charge < -0.3 is 10.6 Å². The van der Waals surface area contributed by atoms with Gasteiger partial charge in [0.1, 0.15) is 11.6 Å². The van der Waals surface area contributed by atoms with E-state index in [0.29, 0.717) is 12.4 Å². The predicted octanol–water partition coefficient (Wildman–Crippen LogP) is 3.05. The van der Waals surface area contributed by atoms with Crippen molar-refractivity contribution in [1.82, 2.24) is 24.2 Å². The molecule has 5 rings (SSSR count). The maximum Gasteiger partial charge on any atom is 0.205 e. The molecule has 1 aliphatic heterocycles. The molecule has 3 heterocycles. The van der Waals surface area contributed by atoms with E-state index in [4.69, 9.17) is 10.7 Å². The van der Waals surface area contributed by atoms with Gasteiger partial charge in [-0.3, -0.25) is 4.90 Å². The lowest BCUT2D eigenvalue weighted by Gasteiger charge is -2.33. The Bertz CT molecular complexity index is 1120. The number of para-hydroxylation sites is 1. The Morgan fingerprint density at radius 2 is 1.62 bits per heavy atom. The standard InChI is InChI=1S/C21H21N7S/c22-19-16-8-4-5-9-17(16)23-18(24-19)14-27-10-12-28(13-11-27)21-25-20(26-29-21)15-6-2-1-3-7-15/h1-9H,10-14H2,(H2,22,23,24). The van der Waals surface area contributed by atoms with E-state index >= 15 is 0 Å². The van der Waals surface area contributed by atoms with Crippen molar-refractivity contribution in [3.63, 3.8) is 0 Å². The minimum absolute atomic E-state index is 0.548. The van der Waals surface area contributed by atoms with Gasteiger partial charge in [-0.2, -0.15) is 9.36 Å². The number of anilines is 2. The number of fused-ring (bicyclic) bond motifs is 1. The molecule has 2 N–H and O–H groups in total. The second-order valence-electron chi connectivity index (χ2n) is 7.07. The van der Waals surface area contributed by atoms with Gasteiger partial charge in [0.15, 0.2) is 5.82 Å². The lowest BCUT2D eigenvalue weighted by molar-refractivity contribution is 0.244. The largest absolute Gasteiger partial charge is 0.383 e. The van der Waals surface area contributed by atoms with Crippen LogP contribution in [0.25, 0.3) is 22.3 Å². The normalized spacial score (nSPS) is 15.1. The molecule has 1 saturated heterocycles. The first-order chi connectivity index (χ1) is 14.3. The highest BCUT2D eigenvalue weighted by Gasteiger charge is 2.21.